The molecular formula is C17H22NO+. The monoisotopic (exact) mass is 256 g/mol. The minimum atomic E-state index is 0.599. The van der Waals surface area contributed by atoms with Gasteiger partial charge in [-0.1, -0.05) is 30.4 Å². The van der Waals surface area contributed by atoms with E-state index in [1.807, 2.05) is 18.2 Å². The molecule has 0 saturated carbocycles. The van der Waals surface area contributed by atoms with Crippen LogP contribution in [0.25, 0.3) is 0 Å². The van der Waals surface area contributed by atoms with Gasteiger partial charge < -0.3 is 10.1 Å². The fourth-order valence-electron chi connectivity index (χ4n) is 2.06. The molecule has 19 heavy (non-hydrogen) atoms. The minimum Gasteiger partial charge on any atom is -0.493 e. The molecule has 0 heterocycles. The van der Waals surface area contributed by atoms with Gasteiger partial charge in [0.15, 0.2) is 0 Å². The predicted octanol–water partition coefficient (Wildman–Crippen LogP) is 2.45. The molecular weight excluding hydrogens is 234 g/mol. The van der Waals surface area contributed by atoms with Crippen LogP contribution >= 0.6 is 0 Å². The smallest absolute Gasteiger partial charge is 0.119 e. The van der Waals surface area contributed by atoms with Gasteiger partial charge in [-0.2, -0.15) is 0 Å². The van der Waals surface area contributed by atoms with Gasteiger partial charge in [0, 0.05) is 11.5 Å². The maximum Gasteiger partial charge on any atom is 0.119 e. The first-order chi connectivity index (χ1) is 9.38. The number of allylic oxidation sites excluding steroid dienone is 2. The normalized spacial score (nSPS) is 13.9. The molecule has 0 atom stereocenters. The zero-order valence-corrected chi connectivity index (χ0v) is 11.3. The average Bonchev–Trinajstić information content (AvgIpc) is 2.94. The van der Waals surface area contributed by atoms with Crippen molar-refractivity contribution in [2.24, 2.45) is 5.92 Å². The van der Waals surface area contributed by atoms with E-state index in [1.54, 1.807) is 0 Å². The molecule has 2 nitrogen and oxygen atoms in total. The number of hydrogen-bond donors (Lipinski definition) is 1. The van der Waals surface area contributed by atoms with Gasteiger partial charge in [-0.05, 0) is 30.7 Å². The van der Waals surface area contributed by atoms with Crippen LogP contribution in [-0.4, -0.2) is 13.2 Å². The Morgan fingerprint density at radius 2 is 1.89 bits per heavy atom. The summed E-state index contributed by atoms with van der Waals surface area (Å²) in [4.78, 5) is 0. The zero-order valence-electron chi connectivity index (χ0n) is 11.3. The van der Waals surface area contributed by atoms with Gasteiger partial charge in [0.05, 0.1) is 13.2 Å². The lowest BCUT2D eigenvalue weighted by molar-refractivity contribution is -0.673. The van der Waals surface area contributed by atoms with Crippen LogP contribution in [0.3, 0.4) is 0 Å². The van der Waals surface area contributed by atoms with Crippen LogP contribution in [0.4, 0.5) is 0 Å². The van der Waals surface area contributed by atoms with E-state index in [1.165, 1.54) is 5.56 Å². The van der Waals surface area contributed by atoms with E-state index in [-0.39, 0.29) is 0 Å². The first kappa shape index (κ1) is 13.6. The maximum absolute atomic E-state index is 5.59. The van der Waals surface area contributed by atoms with Gasteiger partial charge in [-0.15, -0.1) is 6.58 Å². The standard InChI is InChI=1S/C17H21NO/c1-2-3-12-19-17-10-8-16(9-11-17)14-18-13-15-6-4-5-7-15/h2,4-11,15,18H,1,3,12-14H2/p+1. The second-order valence-electron chi connectivity index (χ2n) is 4.73. The second-order valence-corrected chi connectivity index (χ2v) is 4.73. The van der Waals surface area contributed by atoms with E-state index in [0.717, 1.165) is 25.3 Å². The van der Waals surface area contributed by atoms with Crippen LogP contribution in [0.5, 0.6) is 5.75 Å². The average molecular weight is 256 g/mol. The van der Waals surface area contributed by atoms with Crippen LogP contribution in [0.15, 0.2) is 61.2 Å². The lowest BCUT2D eigenvalue weighted by Gasteiger charge is -2.07. The number of rotatable bonds is 8. The highest BCUT2D eigenvalue weighted by atomic mass is 16.5. The van der Waals surface area contributed by atoms with Crippen molar-refractivity contribution in [1.29, 1.82) is 0 Å². The molecule has 0 bridgehead atoms. The van der Waals surface area contributed by atoms with Gasteiger partial charge >= 0.3 is 0 Å². The van der Waals surface area contributed by atoms with Crippen LogP contribution < -0.4 is 10.1 Å². The lowest BCUT2D eigenvalue weighted by Crippen LogP contribution is -2.83. The summed E-state index contributed by atoms with van der Waals surface area (Å²) in [5.74, 6) is 1.54. The Labute approximate surface area is 115 Å². The van der Waals surface area contributed by atoms with Crippen LogP contribution in [0.1, 0.15) is 12.0 Å². The van der Waals surface area contributed by atoms with E-state index >= 15 is 0 Å². The van der Waals surface area contributed by atoms with E-state index in [0.29, 0.717) is 12.5 Å². The molecule has 0 unspecified atom stereocenters. The lowest BCUT2D eigenvalue weighted by atomic mass is 10.1. The summed E-state index contributed by atoms with van der Waals surface area (Å²) in [7, 11) is 0. The maximum atomic E-state index is 5.59. The topological polar surface area (TPSA) is 25.8 Å². The summed E-state index contributed by atoms with van der Waals surface area (Å²) in [6, 6.07) is 8.36. The van der Waals surface area contributed by atoms with Crippen molar-refractivity contribution in [2.75, 3.05) is 13.2 Å². The molecule has 1 aliphatic carbocycles. The zero-order chi connectivity index (χ0) is 13.3. The number of benzene rings is 1. The molecule has 0 aromatic heterocycles. The third-order valence-corrected chi connectivity index (χ3v) is 3.16. The van der Waals surface area contributed by atoms with Crippen LogP contribution in [-0.2, 0) is 6.54 Å². The highest BCUT2D eigenvalue weighted by Crippen LogP contribution is 2.12. The number of hydrogen-bond acceptors (Lipinski definition) is 1. The van der Waals surface area contributed by atoms with Crippen LogP contribution in [0.2, 0.25) is 0 Å². The largest absolute Gasteiger partial charge is 0.493 e. The van der Waals surface area contributed by atoms with Crippen molar-refractivity contribution in [3.05, 3.63) is 66.8 Å². The number of quaternary nitrogens is 1. The fraction of sp³-hybridized carbons (Fsp3) is 0.294. The quantitative estimate of drug-likeness (QED) is 0.561. The Hall–Kier alpha value is -1.80. The summed E-state index contributed by atoms with van der Waals surface area (Å²) >= 11 is 0. The molecule has 1 aliphatic rings. The molecule has 1 aromatic carbocycles. The first-order valence-corrected chi connectivity index (χ1v) is 6.88. The molecule has 2 N–H and O–H groups in total. The van der Waals surface area contributed by atoms with Crippen molar-refractivity contribution in [3.63, 3.8) is 0 Å². The van der Waals surface area contributed by atoms with E-state index in [9.17, 15) is 0 Å². The summed E-state index contributed by atoms with van der Waals surface area (Å²) in [6.45, 7) is 6.52. The predicted molar refractivity (Wildman–Crippen MR) is 79.0 cm³/mol. The highest BCUT2D eigenvalue weighted by molar-refractivity contribution is 5.26. The molecule has 0 amide bonds. The van der Waals surface area contributed by atoms with E-state index in [2.05, 4.69) is 48.3 Å². The van der Waals surface area contributed by atoms with Gasteiger partial charge in [-0.3, -0.25) is 0 Å². The Bertz CT molecular complexity index is 433. The van der Waals surface area contributed by atoms with Crippen molar-refractivity contribution < 1.29 is 10.1 Å². The molecule has 2 rings (SSSR count). The Morgan fingerprint density at radius 3 is 2.58 bits per heavy atom. The molecule has 0 fully saturated rings. The van der Waals surface area contributed by atoms with Crippen molar-refractivity contribution in [2.45, 2.75) is 13.0 Å². The van der Waals surface area contributed by atoms with Crippen molar-refractivity contribution in [1.82, 2.24) is 0 Å². The van der Waals surface area contributed by atoms with Gasteiger partial charge in [0.25, 0.3) is 0 Å². The minimum absolute atomic E-state index is 0.599. The molecule has 0 spiro atoms. The Morgan fingerprint density at radius 1 is 1.16 bits per heavy atom. The molecule has 0 radical (unpaired) electrons. The van der Waals surface area contributed by atoms with Gasteiger partial charge in [-0.25, -0.2) is 0 Å². The molecule has 1 aromatic rings. The van der Waals surface area contributed by atoms with Crippen molar-refractivity contribution >= 4 is 0 Å². The number of nitrogens with two attached hydrogens (primary N) is 1. The Balaban J connectivity index is 1.70. The number of ether oxygens (including phenoxy) is 1. The third kappa shape index (κ3) is 4.76. The highest BCUT2D eigenvalue weighted by Gasteiger charge is 2.05. The summed E-state index contributed by atoms with van der Waals surface area (Å²) < 4.78 is 5.59. The molecule has 100 valence electrons. The fourth-order valence-corrected chi connectivity index (χ4v) is 2.06. The molecule has 0 aliphatic heterocycles. The molecule has 2 heteroatoms. The third-order valence-electron chi connectivity index (χ3n) is 3.16. The van der Waals surface area contributed by atoms with Gasteiger partial charge in [0.2, 0.25) is 0 Å². The second kappa shape index (κ2) is 7.59. The van der Waals surface area contributed by atoms with Crippen molar-refractivity contribution in [3.8, 4) is 5.75 Å². The first-order valence-electron chi connectivity index (χ1n) is 6.88. The Kier molecular flexibility index (Phi) is 5.45. The SMILES string of the molecule is C=CCCOc1ccc(C[NH2+]CC2C=CC=C2)cc1. The summed E-state index contributed by atoms with van der Waals surface area (Å²) in [6.07, 6.45) is 11.5. The van der Waals surface area contributed by atoms with E-state index < -0.39 is 0 Å². The summed E-state index contributed by atoms with van der Waals surface area (Å²) in [5, 5.41) is 2.35. The van der Waals surface area contributed by atoms with E-state index in [4.69, 9.17) is 4.74 Å². The molecule has 0 saturated heterocycles. The summed E-state index contributed by atoms with van der Waals surface area (Å²) in [5.41, 5.74) is 1.34. The van der Waals surface area contributed by atoms with Gasteiger partial charge in [0.1, 0.15) is 12.3 Å². The van der Waals surface area contributed by atoms with Crippen LogP contribution in [0, 0.1) is 5.92 Å².